The molecule has 1 unspecified atom stereocenters. The number of hydrogen-bond acceptors (Lipinski definition) is 5. The summed E-state index contributed by atoms with van der Waals surface area (Å²) < 4.78 is 0. The standard InChI is InChI=1S/C22H28N4O3/c27-19-6-5-18(20(28)24-19)26-14-17-15(3-1-4-16(17)21(26)29)13-25-11-8-22(9-12-25)7-2-10-23-22/h1,3-4,18,23H,2,5-14H2,(H,24,27,28). The van der Waals surface area contributed by atoms with Crippen LogP contribution in [-0.4, -0.2) is 58.7 Å². The quantitative estimate of drug-likeness (QED) is 0.750. The van der Waals surface area contributed by atoms with E-state index in [2.05, 4.69) is 21.6 Å². The Kier molecular flexibility index (Phi) is 4.67. The highest BCUT2D eigenvalue weighted by molar-refractivity contribution is 6.05. The Balaban J connectivity index is 1.30. The average molecular weight is 396 g/mol. The Morgan fingerprint density at radius 2 is 1.93 bits per heavy atom. The number of likely N-dealkylation sites (tertiary alicyclic amines) is 1. The summed E-state index contributed by atoms with van der Waals surface area (Å²) in [5, 5.41) is 6.09. The molecule has 3 amide bonds. The highest BCUT2D eigenvalue weighted by Crippen LogP contribution is 2.33. The predicted molar refractivity (Wildman–Crippen MR) is 107 cm³/mol. The van der Waals surface area contributed by atoms with Gasteiger partial charge in [-0.05, 0) is 55.8 Å². The Bertz CT molecular complexity index is 852. The number of amides is 3. The van der Waals surface area contributed by atoms with Gasteiger partial charge in [0.25, 0.3) is 5.91 Å². The van der Waals surface area contributed by atoms with E-state index in [1.807, 2.05) is 12.1 Å². The average Bonchev–Trinajstić information content (AvgIpc) is 3.30. The molecule has 4 heterocycles. The van der Waals surface area contributed by atoms with Crippen LogP contribution in [0.25, 0.3) is 0 Å². The lowest BCUT2D eigenvalue weighted by Gasteiger charge is -2.39. The van der Waals surface area contributed by atoms with Crippen LogP contribution in [-0.2, 0) is 22.7 Å². The second-order valence-corrected chi connectivity index (χ2v) is 8.93. The largest absolute Gasteiger partial charge is 0.322 e. The van der Waals surface area contributed by atoms with Crippen LogP contribution in [0.5, 0.6) is 0 Å². The number of piperidine rings is 2. The third-order valence-electron chi connectivity index (χ3n) is 7.22. The van der Waals surface area contributed by atoms with Crippen molar-refractivity contribution >= 4 is 17.7 Å². The number of hydrogen-bond donors (Lipinski definition) is 2. The van der Waals surface area contributed by atoms with Gasteiger partial charge in [-0.1, -0.05) is 12.1 Å². The first-order valence-electron chi connectivity index (χ1n) is 10.8. The zero-order chi connectivity index (χ0) is 20.0. The normalized spacial score (nSPS) is 26.8. The van der Waals surface area contributed by atoms with Crippen LogP contribution >= 0.6 is 0 Å². The van der Waals surface area contributed by atoms with E-state index >= 15 is 0 Å². The SMILES string of the molecule is O=C1CCC(N2Cc3c(CN4CCC5(CCCN5)CC4)cccc3C2=O)C(=O)N1. The maximum absolute atomic E-state index is 13.0. The molecule has 5 rings (SSSR count). The lowest BCUT2D eigenvalue weighted by Crippen LogP contribution is -2.52. The Labute approximate surface area is 170 Å². The van der Waals surface area contributed by atoms with Gasteiger partial charge in [-0.25, -0.2) is 0 Å². The number of rotatable bonds is 3. The molecule has 154 valence electrons. The van der Waals surface area contributed by atoms with Crippen molar-refractivity contribution in [2.75, 3.05) is 19.6 Å². The number of carbonyl (C=O) groups is 3. The van der Waals surface area contributed by atoms with Crippen molar-refractivity contribution in [3.8, 4) is 0 Å². The fraction of sp³-hybridized carbons (Fsp3) is 0.591. The lowest BCUT2D eigenvalue weighted by molar-refractivity contribution is -0.136. The summed E-state index contributed by atoms with van der Waals surface area (Å²) >= 11 is 0. The minimum absolute atomic E-state index is 0.0934. The van der Waals surface area contributed by atoms with Gasteiger partial charge in [0.15, 0.2) is 0 Å². The molecule has 4 aliphatic rings. The van der Waals surface area contributed by atoms with Crippen LogP contribution in [0.2, 0.25) is 0 Å². The van der Waals surface area contributed by atoms with Crippen molar-refractivity contribution in [3.63, 3.8) is 0 Å². The molecule has 1 atom stereocenters. The molecule has 1 aromatic carbocycles. The molecule has 2 N–H and O–H groups in total. The fourth-order valence-electron chi connectivity index (χ4n) is 5.47. The first kappa shape index (κ1) is 18.8. The number of nitrogens with one attached hydrogen (secondary N) is 2. The van der Waals surface area contributed by atoms with Gasteiger partial charge in [0.05, 0.1) is 0 Å². The van der Waals surface area contributed by atoms with Crippen molar-refractivity contribution in [2.45, 2.75) is 63.2 Å². The molecule has 0 bridgehead atoms. The molecule has 29 heavy (non-hydrogen) atoms. The number of benzene rings is 1. The molecule has 0 radical (unpaired) electrons. The van der Waals surface area contributed by atoms with Crippen LogP contribution in [0.4, 0.5) is 0 Å². The first-order valence-corrected chi connectivity index (χ1v) is 10.8. The summed E-state index contributed by atoms with van der Waals surface area (Å²) in [6, 6.07) is 5.37. The molecule has 7 nitrogen and oxygen atoms in total. The number of fused-ring (bicyclic) bond motifs is 1. The van der Waals surface area contributed by atoms with Gasteiger partial charge in [-0.3, -0.25) is 24.6 Å². The summed E-state index contributed by atoms with van der Waals surface area (Å²) in [5.74, 6) is -0.700. The molecular weight excluding hydrogens is 368 g/mol. The third kappa shape index (κ3) is 3.36. The molecule has 0 aromatic heterocycles. The van der Waals surface area contributed by atoms with Crippen molar-refractivity contribution in [1.82, 2.24) is 20.4 Å². The topological polar surface area (TPSA) is 81.8 Å². The van der Waals surface area contributed by atoms with E-state index in [1.165, 1.54) is 31.2 Å². The van der Waals surface area contributed by atoms with E-state index in [-0.39, 0.29) is 24.1 Å². The van der Waals surface area contributed by atoms with Gasteiger partial charge in [0.2, 0.25) is 11.8 Å². The molecule has 3 fully saturated rings. The zero-order valence-corrected chi connectivity index (χ0v) is 16.7. The van der Waals surface area contributed by atoms with Gasteiger partial charge in [-0.2, -0.15) is 0 Å². The van der Waals surface area contributed by atoms with Crippen LogP contribution < -0.4 is 10.6 Å². The predicted octanol–water partition coefficient (Wildman–Crippen LogP) is 1.17. The maximum Gasteiger partial charge on any atom is 0.255 e. The van der Waals surface area contributed by atoms with Gasteiger partial charge in [0, 0.05) is 43.7 Å². The second-order valence-electron chi connectivity index (χ2n) is 8.93. The van der Waals surface area contributed by atoms with Crippen LogP contribution in [0, 0.1) is 0 Å². The monoisotopic (exact) mass is 396 g/mol. The van der Waals surface area contributed by atoms with Crippen LogP contribution in [0.15, 0.2) is 18.2 Å². The summed E-state index contributed by atoms with van der Waals surface area (Å²) in [7, 11) is 0. The van der Waals surface area contributed by atoms with Gasteiger partial charge in [-0.15, -0.1) is 0 Å². The third-order valence-corrected chi connectivity index (χ3v) is 7.22. The van der Waals surface area contributed by atoms with E-state index < -0.39 is 6.04 Å². The molecule has 7 heteroatoms. The maximum atomic E-state index is 13.0. The lowest BCUT2D eigenvalue weighted by atomic mass is 9.86. The minimum Gasteiger partial charge on any atom is -0.322 e. The molecule has 1 aromatic rings. The number of nitrogens with zero attached hydrogens (tertiary/aromatic N) is 2. The summed E-state index contributed by atoms with van der Waals surface area (Å²) in [4.78, 5) is 40.8. The minimum atomic E-state index is -0.552. The molecule has 1 spiro atoms. The summed E-state index contributed by atoms with van der Waals surface area (Å²) in [6.07, 6.45) is 5.63. The zero-order valence-electron chi connectivity index (χ0n) is 16.7. The van der Waals surface area contributed by atoms with E-state index in [0.29, 0.717) is 24.1 Å². The summed E-state index contributed by atoms with van der Waals surface area (Å²) in [6.45, 7) is 4.58. The van der Waals surface area contributed by atoms with Crippen molar-refractivity contribution in [3.05, 3.63) is 34.9 Å². The molecular formula is C22H28N4O3. The first-order chi connectivity index (χ1) is 14.0. The Morgan fingerprint density at radius 1 is 1.10 bits per heavy atom. The van der Waals surface area contributed by atoms with Crippen LogP contribution in [0.3, 0.4) is 0 Å². The van der Waals surface area contributed by atoms with E-state index in [4.69, 9.17) is 0 Å². The number of imide groups is 1. The second kappa shape index (κ2) is 7.22. The highest BCUT2D eigenvalue weighted by atomic mass is 16.2. The van der Waals surface area contributed by atoms with Crippen molar-refractivity contribution in [1.29, 1.82) is 0 Å². The molecule has 0 aliphatic carbocycles. The Morgan fingerprint density at radius 3 is 2.66 bits per heavy atom. The van der Waals surface area contributed by atoms with Gasteiger partial charge in [0.1, 0.15) is 6.04 Å². The smallest absolute Gasteiger partial charge is 0.255 e. The van der Waals surface area contributed by atoms with E-state index in [0.717, 1.165) is 31.7 Å². The fourth-order valence-corrected chi connectivity index (χ4v) is 5.47. The number of carbonyl (C=O) groups excluding carboxylic acids is 3. The van der Waals surface area contributed by atoms with Gasteiger partial charge >= 0.3 is 0 Å². The van der Waals surface area contributed by atoms with E-state index in [9.17, 15) is 14.4 Å². The Hall–Kier alpha value is -2.25. The van der Waals surface area contributed by atoms with Crippen molar-refractivity contribution in [2.24, 2.45) is 0 Å². The van der Waals surface area contributed by atoms with E-state index in [1.54, 1.807) is 4.90 Å². The van der Waals surface area contributed by atoms with Crippen molar-refractivity contribution < 1.29 is 14.4 Å². The van der Waals surface area contributed by atoms with Crippen LogP contribution in [0.1, 0.15) is 60.0 Å². The molecule has 3 saturated heterocycles. The molecule has 0 saturated carbocycles. The highest BCUT2D eigenvalue weighted by Gasteiger charge is 2.40. The molecule has 4 aliphatic heterocycles. The van der Waals surface area contributed by atoms with Gasteiger partial charge < -0.3 is 10.2 Å². The summed E-state index contributed by atoms with van der Waals surface area (Å²) in [5.41, 5.74) is 3.29.